The van der Waals surface area contributed by atoms with Gasteiger partial charge in [0.2, 0.25) is 0 Å². The Morgan fingerprint density at radius 3 is 2.58 bits per heavy atom. The zero-order valence-electron chi connectivity index (χ0n) is 15.3. The van der Waals surface area contributed by atoms with Crippen LogP contribution in [0.25, 0.3) is 6.08 Å². The van der Waals surface area contributed by atoms with Crippen LogP contribution in [0.1, 0.15) is 30.5 Å². The summed E-state index contributed by atoms with van der Waals surface area (Å²) < 4.78 is 6.40. The number of amides is 1. The minimum atomic E-state index is -0.0914. The van der Waals surface area contributed by atoms with Gasteiger partial charge in [-0.2, -0.15) is 0 Å². The molecule has 1 saturated heterocycles. The monoisotopic (exact) mass is 383 g/mol. The lowest BCUT2D eigenvalue weighted by Gasteiger charge is -2.17. The Morgan fingerprint density at radius 2 is 1.88 bits per heavy atom. The van der Waals surface area contributed by atoms with Gasteiger partial charge in [-0.15, -0.1) is 0 Å². The largest absolute Gasteiger partial charge is 0.490 e. The fourth-order valence-electron chi connectivity index (χ4n) is 2.83. The molecule has 1 heterocycles. The van der Waals surface area contributed by atoms with Crippen LogP contribution >= 0.6 is 24.0 Å². The predicted octanol–water partition coefficient (Wildman–Crippen LogP) is 5.50. The molecule has 0 atom stereocenters. The van der Waals surface area contributed by atoms with Gasteiger partial charge in [0.25, 0.3) is 5.91 Å². The average molecular weight is 384 g/mol. The molecule has 0 saturated carbocycles. The van der Waals surface area contributed by atoms with Crippen LogP contribution in [0.15, 0.2) is 47.4 Å². The van der Waals surface area contributed by atoms with E-state index in [4.69, 9.17) is 17.0 Å². The van der Waals surface area contributed by atoms with E-state index in [-0.39, 0.29) is 12.0 Å². The van der Waals surface area contributed by atoms with Crippen LogP contribution < -0.4 is 9.64 Å². The van der Waals surface area contributed by atoms with Crippen LogP contribution in [0.3, 0.4) is 0 Å². The van der Waals surface area contributed by atoms with Crippen molar-refractivity contribution in [3.8, 4) is 5.75 Å². The molecule has 2 aromatic rings. The Hall–Kier alpha value is -2.11. The number of aryl methyl sites for hydroxylation is 2. The SMILES string of the molecule is Cc1ccc(N2C(=O)/C(=C\c3ccccc3OC(C)C)SC2=S)c(C)c1. The lowest BCUT2D eigenvalue weighted by Crippen LogP contribution is -2.28. The molecule has 0 unspecified atom stereocenters. The first-order chi connectivity index (χ1) is 12.4. The van der Waals surface area contributed by atoms with Crippen molar-refractivity contribution in [2.45, 2.75) is 33.8 Å². The molecule has 0 aromatic heterocycles. The van der Waals surface area contributed by atoms with Gasteiger partial charge in [-0.05, 0) is 51.5 Å². The van der Waals surface area contributed by atoms with E-state index < -0.39 is 0 Å². The van der Waals surface area contributed by atoms with Gasteiger partial charge in [0.15, 0.2) is 4.32 Å². The van der Waals surface area contributed by atoms with E-state index in [1.807, 2.05) is 70.2 Å². The molecule has 2 aromatic carbocycles. The minimum Gasteiger partial charge on any atom is -0.490 e. The van der Waals surface area contributed by atoms with Gasteiger partial charge in [-0.25, -0.2) is 0 Å². The molecule has 3 nitrogen and oxygen atoms in total. The summed E-state index contributed by atoms with van der Waals surface area (Å²) in [6.07, 6.45) is 1.93. The van der Waals surface area contributed by atoms with E-state index in [0.29, 0.717) is 9.23 Å². The zero-order chi connectivity index (χ0) is 18.8. The molecule has 1 aliphatic rings. The van der Waals surface area contributed by atoms with Gasteiger partial charge < -0.3 is 4.74 Å². The predicted molar refractivity (Wildman–Crippen MR) is 114 cm³/mol. The number of anilines is 1. The maximum absolute atomic E-state index is 13.0. The third-order valence-corrected chi connectivity index (χ3v) is 5.26. The average Bonchev–Trinajstić information content (AvgIpc) is 2.83. The maximum atomic E-state index is 13.0. The first-order valence-corrected chi connectivity index (χ1v) is 9.70. The number of para-hydroxylation sites is 1. The Labute approximate surface area is 164 Å². The van der Waals surface area contributed by atoms with Gasteiger partial charge in [0, 0.05) is 5.56 Å². The molecule has 1 amide bonds. The van der Waals surface area contributed by atoms with Crippen molar-refractivity contribution in [2.24, 2.45) is 0 Å². The number of thiocarbonyl (C=S) groups is 1. The van der Waals surface area contributed by atoms with Crippen molar-refractivity contribution in [1.29, 1.82) is 0 Å². The molecule has 0 aliphatic carbocycles. The van der Waals surface area contributed by atoms with Crippen LogP contribution in [0.5, 0.6) is 5.75 Å². The van der Waals surface area contributed by atoms with Crippen LogP contribution in [-0.2, 0) is 4.79 Å². The summed E-state index contributed by atoms with van der Waals surface area (Å²) in [5.74, 6) is 0.672. The number of nitrogens with zero attached hydrogens (tertiary/aromatic N) is 1. The third-order valence-electron chi connectivity index (χ3n) is 3.96. The van der Waals surface area contributed by atoms with Crippen LogP contribution in [-0.4, -0.2) is 16.3 Å². The summed E-state index contributed by atoms with van der Waals surface area (Å²) in [5, 5.41) is 0. The second-order valence-corrected chi connectivity index (χ2v) is 8.19. The lowest BCUT2D eigenvalue weighted by atomic mass is 10.1. The number of thioether (sulfide) groups is 1. The van der Waals surface area contributed by atoms with Gasteiger partial charge in [0.05, 0.1) is 16.7 Å². The highest BCUT2D eigenvalue weighted by Gasteiger charge is 2.34. The second kappa shape index (κ2) is 7.64. The van der Waals surface area contributed by atoms with Crippen molar-refractivity contribution in [3.05, 3.63) is 64.1 Å². The van der Waals surface area contributed by atoms with E-state index in [9.17, 15) is 4.79 Å². The molecule has 0 bridgehead atoms. The second-order valence-electron chi connectivity index (χ2n) is 6.51. The van der Waals surface area contributed by atoms with Crippen molar-refractivity contribution >= 4 is 46.0 Å². The number of rotatable bonds is 4. The Bertz CT molecular complexity index is 903. The normalized spacial score (nSPS) is 16.0. The highest BCUT2D eigenvalue weighted by molar-refractivity contribution is 8.27. The third kappa shape index (κ3) is 3.84. The van der Waals surface area contributed by atoms with Crippen molar-refractivity contribution in [1.82, 2.24) is 0 Å². The molecule has 0 N–H and O–H groups in total. The van der Waals surface area contributed by atoms with Gasteiger partial charge >= 0.3 is 0 Å². The lowest BCUT2D eigenvalue weighted by molar-refractivity contribution is -0.113. The maximum Gasteiger partial charge on any atom is 0.270 e. The fraction of sp³-hybridized carbons (Fsp3) is 0.238. The summed E-state index contributed by atoms with van der Waals surface area (Å²) in [6, 6.07) is 13.7. The highest BCUT2D eigenvalue weighted by Crippen LogP contribution is 2.38. The van der Waals surface area contributed by atoms with E-state index in [1.165, 1.54) is 11.8 Å². The van der Waals surface area contributed by atoms with Crippen LogP contribution in [0.2, 0.25) is 0 Å². The molecule has 1 fully saturated rings. The number of benzene rings is 2. The molecule has 5 heteroatoms. The van der Waals surface area contributed by atoms with Gasteiger partial charge in [-0.1, -0.05) is 59.9 Å². The minimum absolute atomic E-state index is 0.0641. The smallest absolute Gasteiger partial charge is 0.270 e. The van der Waals surface area contributed by atoms with Crippen molar-refractivity contribution < 1.29 is 9.53 Å². The van der Waals surface area contributed by atoms with Crippen LogP contribution in [0.4, 0.5) is 5.69 Å². The molecule has 3 rings (SSSR count). The number of ether oxygens (including phenoxy) is 1. The molecule has 0 spiro atoms. The van der Waals surface area contributed by atoms with E-state index >= 15 is 0 Å². The Kier molecular flexibility index (Phi) is 5.49. The number of carbonyl (C=O) groups is 1. The molecule has 1 aliphatic heterocycles. The summed E-state index contributed by atoms with van der Waals surface area (Å²) in [5.41, 5.74) is 3.91. The Balaban J connectivity index is 1.96. The van der Waals surface area contributed by atoms with Crippen molar-refractivity contribution in [3.63, 3.8) is 0 Å². The fourth-order valence-corrected chi connectivity index (χ4v) is 4.11. The summed E-state index contributed by atoms with van der Waals surface area (Å²) in [7, 11) is 0. The quantitative estimate of drug-likeness (QED) is 0.515. The zero-order valence-corrected chi connectivity index (χ0v) is 16.9. The first kappa shape index (κ1) is 18.7. The van der Waals surface area contributed by atoms with Gasteiger partial charge in [0.1, 0.15) is 5.75 Å². The summed E-state index contributed by atoms with van der Waals surface area (Å²) >= 11 is 6.81. The standard InChI is InChI=1S/C21H21NO2S2/c1-13(2)24-18-8-6-5-7-16(18)12-19-20(23)22(21(25)26-19)17-10-9-14(3)11-15(17)4/h5-13H,1-4H3/b19-12+. The number of hydrogen-bond acceptors (Lipinski definition) is 4. The summed E-state index contributed by atoms with van der Waals surface area (Å²) in [4.78, 5) is 15.2. The number of hydrogen-bond donors (Lipinski definition) is 0. The van der Waals surface area contributed by atoms with E-state index in [1.54, 1.807) is 4.90 Å². The van der Waals surface area contributed by atoms with E-state index in [2.05, 4.69) is 6.07 Å². The molecular formula is C21H21NO2S2. The summed E-state index contributed by atoms with van der Waals surface area (Å²) in [6.45, 7) is 8.00. The van der Waals surface area contributed by atoms with Crippen molar-refractivity contribution in [2.75, 3.05) is 4.90 Å². The molecule has 134 valence electrons. The highest BCUT2D eigenvalue weighted by atomic mass is 32.2. The molecule has 26 heavy (non-hydrogen) atoms. The van der Waals surface area contributed by atoms with Crippen LogP contribution in [0, 0.1) is 13.8 Å². The van der Waals surface area contributed by atoms with Gasteiger partial charge in [-0.3, -0.25) is 9.69 Å². The number of carbonyl (C=O) groups excluding carboxylic acids is 1. The Morgan fingerprint density at radius 1 is 1.15 bits per heavy atom. The molecule has 0 radical (unpaired) electrons. The topological polar surface area (TPSA) is 29.5 Å². The molecular weight excluding hydrogens is 362 g/mol. The first-order valence-electron chi connectivity index (χ1n) is 8.47. The van der Waals surface area contributed by atoms with E-state index in [0.717, 1.165) is 28.1 Å².